The summed E-state index contributed by atoms with van der Waals surface area (Å²) in [7, 11) is 0. The lowest BCUT2D eigenvalue weighted by atomic mass is 9.95. The van der Waals surface area contributed by atoms with E-state index >= 15 is 0 Å². The molecule has 0 aromatic heterocycles. The highest BCUT2D eigenvalue weighted by atomic mass is 16.3. The third-order valence-electron chi connectivity index (χ3n) is 5.14. The number of rotatable bonds is 8. The Morgan fingerprint density at radius 2 is 1.17 bits per heavy atom. The van der Waals surface area contributed by atoms with Gasteiger partial charge in [0.15, 0.2) is 0 Å². The molecule has 0 amide bonds. The first-order valence-corrected chi connectivity index (χ1v) is 9.80. The number of hydrogen-bond acceptors (Lipinski definition) is 5. The molecule has 30 heavy (non-hydrogen) atoms. The van der Waals surface area contributed by atoms with E-state index in [0.29, 0.717) is 6.54 Å². The van der Waals surface area contributed by atoms with Gasteiger partial charge in [-0.25, -0.2) is 0 Å². The molecule has 0 unspecified atom stereocenters. The summed E-state index contributed by atoms with van der Waals surface area (Å²) in [5.74, 6) is 0. The van der Waals surface area contributed by atoms with E-state index in [0.717, 1.165) is 16.7 Å². The summed E-state index contributed by atoms with van der Waals surface area (Å²) in [5, 5.41) is 17.2. The second-order valence-corrected chi connectivity index (χ2v) is 7.14. The average molecular weight is 398 g/mol. The Labute approximate surface area is 174 Å². The standard InChI is InChI=1S/C25H22N2O3/c28-23(19-14-8-3-9-15-19)20(18-12-6-2-7-13-18)27-22-21(24(29)25(22)30)26-16-17-10-4-1-5-11-17/h1-15,20,23,26-28H,16H2/t20-,23+/m0/s1. The molecule has 0 saturated carbocycles. The molecule has 4 aromatic carbocycles. The van der Waals surface area contributed by atoms with Gasteiger partial charge in [-0.1, -0.05) is 91.0 Å². The highest BCUT2D eigenvalue weighted by Crippen LogP contribution is 2.33. The summed E-state index contributed by atoms with van der Waals surface area (Å²) in [6.45, 7) is 0.428. The van der Waals surface area contributed by atoms with Crippen molar-refractivity contribution < 1.29 is 5.11 Å². The zero-order chi connectivity index (χ0) is 20.9. The van der Waals surface area contributed by atoms with Gasteiger partial charge in [-0.3, -0.25) is 9.59 Å². The van der Waals surface area contributed by atoms with Crippen LogP contribution in [0.15, 0.2) is 101 Å². The number of aliphatic hydroxyl groups is 1. The Morgan fingerprint density at radius 3 is 1.77 bits per heavy atom. The van der Waals surface area contributed by atoms with Crippen LogP contribution >= 0.6 is 0 Å². The van der Waals surface area contributed by atoms with Crippen molar-refractivity contribution >= 4 is 11.4 Å². The summed E-state index contributed by atoms with van der Waals surface area (Å²) in [5.41, 5.74) is 1.87. The summed E-state index contributed by atoms with van der Waals surface area (Å²) < 4.78 is 0. The Morgan fingerprint density at radius 1 is 0.667 bits per heavy atom. The van der Waals surface area contributed by atoms with Gasteiger partial charge in [0.1, 0.15) is 17.5 Å². The topological polar surface area (TPSA) is 78.4 Å². The van der Waals surface area contributed by atoms with Crippen molar-refractivity contribution in [3.63, 3.8) is 0 Å². The van der Waals surface area contributed by atoms with Crippen molar-refractivity contribution in [1.82, 2.24) is 0 Å². The van der Waals surface area contributed by atoms with Crippen molar-refractivity contribution in [2.75, 3.05) is 10.6 Å². The Hall–Kier alpha value is -3.70. The molecule has 4 aromatic rings. The molecular weight excluding hydrogens is 376 g/mol. The highest BCUT2D eigenvalue weighted by molar-refractivity contribution is 5.74. The summed E-state index contributed by atoms with van der Waals surface area (Å²) in [4.78, 5) is 24.5. The lowest BCUT2D eigenvalue weighted by Gasteiger charge is -2.27. The smallest absolute Gasteiger partial charge is 0.253 e. The van der Waals surface area contributed by atoms with Gasteiger partial charge < -0.3 is 15.7 Å². The normalized spacial score (nSPS) is 13.0. The maximum Gasteiger partial charge on any atom is 0.253 e. The predicted octanol–water partition coefficient (Wildman–Crippen LogP) is 3.78. The monoisotopic (exact) mass is 398 g/mol. The second-order valence-electron chi connectivity index (χ2n) is 7.14. The van der Waals surface area contributed by atoms with Crippen LogP contribution < -0.4 is 21.5 Å². The highest BCUT2D eigenvalue weighted by Gasteiger charge is 2.28. The fourth-order valence-electron chi connectivity index (χ4n) is 3.49. The lowest BCUT2D eigenvalue weighted by Crippen LogP contribution is -2.38. The first kappa shape index (κ1) is 19.6. The van der Waals surface area contributed by atoms with Crippen LogP contribution in [0.4, 0.5) is 11.4 Å². The Balaban J connectivity index is 1.61. The molecule has 0 saturated heterocycles. The zero-order valence-corrected chi connectivity index (χ0v) is 16.3. The average Bonchev–Trinajstić information content (AvgIpc) is 2.82. The van der Waals surface area contributed by atoms with Crippen molar-refractivity contribution in [3.05, 3.63) is 128 Å². The van der Waals surface area contributed by atoms with E-state index in [4.69, 9.17) is 0 Å². The molecule has 0 heterocycles. The van der Waals surface area contributed by atoms with Crippen LogP contribution in [0.5, 0.6) is 0 Å². The van der Waals surface area contributed by atoms with E-state index in [9.17, 15) is 14.7 Å². The molecule has 0 aliphatic rings. The number of nitrogens with one attached hydrogen (secondary N) is 2. The minimum Gasteiger partial charge on any atom is -0.386 e. The molecule has 3 N–H and O–H groups in total. The molecule has 4 rings (SSSR count). The first-order chi connectivity index (χ1) is 14.6. The Bertz CT molecular complexity index is 1170. The molecule has 0 aliphatic carbocycles. The third kappa shape index (κ3) is 4.02. The minimum absolute atomic E-state index is 0.208. The first-order valence-electron chi connectivity index (χ1n) is 9.80. The lowest BCUT2D eigenvalue weighted by molar-refractivity contribution is 0.155. The molecule has 0 spiro atoms. The van der Waals surface area contributed by atoms with Gasteiger partial charge in [0.2, 0.25) is 0 Å². The predicted molar refractivity (Wildman–Crippen MR) is 119 cm³/mol. The van der Waals surface area contributed by atoms with E-state index in [2.05, 4.69) is 10.6 Å². The van der Waals surface area contributed by atoms with Gasteiger partial charge in [-0.05, 0) is 16.7 Å². The largest absolute Gasteiger partial charge is 0.386 e. The van der Waals surface area contributed by atoms with Crippen LogP contribution in [0.1, 0.15) is 28.8 Å². The quantitative estimate of drug-likeness (QED) is 0.394. The van der Waals surface area contributed by atoms with E-state index in [1.54, 1.807) is 0 Å². The van der Waals surface area contributed by atoms with E-state index in [-0.39, 0.29) is 11.4 Å². The van der Waals surface area contributed by atoms with E-state index in [1.807, 2.05) is 91.0 Å². The third-order valence-corrected chi connectivity index (χ3v) is 5.14. The van der Waals surface area contributed by atoms with Crippen molar-refractivity contribution in [2.24, 2.45) is 0 Å². The molecule has 2 atom stereocenters. The fraction of sp³-hybridized carbons (Fsp3) is 0.120. The van der Waals surface area contributed by atoms with E-state index in [1.165, 1.54) is 0 Å². The second kappa shape index (κ2) is 8.76. The van der Waals surface area contributed by atoms with Crippen molar-refractivity contribution in [2.45, 2.75) is 18.7 Å². The SMILES string of the molecule is O=c1c(NCc2ccccc2)c(N[C@@H](c2ccccc2)[C@H](O)c2ccccc2)c1=O. The molecular formula is C25H22N2O3. The van der Waals surface area contributed by atoms with Crippen molar-refractivity contribution in [1.29, 1.82) is 0 Å². The van der Waals surface area contributed by atoms with Crippen LogP contribution in [0.2, 0.25) is 0 Å². The van der Waals surface area contributed by atoms with Crippen LogP contribution in [0, 0.1) is 0 Å². The van der Waals surface area contributed by atoms with Crippen molar-refractivity contribution in [3.8, 4) is 0 Å². The fourth-order valence-corrected chi connectivity index (χ4v) is 3.49. The van der Waals surface area contributed by atoms with Crippen LogP contribution in [0.3, 0.4) is 0 Å². The summed E-state index contributed by atoms with van der Waals surface area (Å²) >= 11 is 0. The van der Waals surface area contributed by atoms with Crippen LogP contribution in [-0.2, 0) is 6.54 Å². The Kier molecular flexibility index (Phi) is 5.72. The molecule has 0 bridgehead atoms. The van der Waals surface area contributed by atoms with Gasteiger partial charge in [0, 0.05) is 6.54 Å². The molecule has 0 fully saturated rings. The molecule has 0 aliphatic heterocycles. The number of hydrogen-bond donors (Lipinski definition) is 3. The zero-order valence-electron chi connectivity index (χ0n) is 16.3. The minimum atomic E-state index is -0.903. The summed E-state index contributed by atoms with van der Waals surface area (Å²) in [6, 6.07) is 27.7. The van der Waals surface area contributed by atoms with Crippen LogP contribution in [-0.4, -0.2) is 5.11 Å². The number of aliphatic hydroxyl groups excluding tert-OH is 1. The van der Waals surface area contributed by atoms with Gasteiger partial charge >= 0.3 is 0 Å². The van der Waals surface area contributed by atoms with Gasteiger partial charge in [-0.2, -0.15) is 0 Å². The van der Waals surface area contributed by atoms with E-state index < -0.39 is 23.0 Å². The number of benzene rings is 3. The molecule has 0 radical (unpaired) electrons. The maximum absolute atomic E-state index is 12.3. The molecule has 150 valence electrons. The summed E-state index contributed by atoms with van der Waals surface area (Å²) in [6.07, 6.45) is -0.903. The van der Waals surface area contributed by atoms with Gasteiger partial charge in [0.25, 0.3) is 10.9 Å². The number of anilines is 2. The van der Waals surface area contributed by atoms with Crippen LogP contribution in [0.25, 0.3) is 0 Å². The molecule has 5 nitrogen and oxygen atoms in total. The molecule has 5 heteroatoms. The maximum atomic E-state index is 12.3. The van der Waals surface area contributed by atoms with Gasteiger partial charge in [0.05, 0.1) is 6.04 Å². The van der Waals surface area contributed by atoms with Gasteiger partial charge in [-0.15, -0.1) is 0 Å².